The molecule has 8 N–H and O–H groups in total. The second-order valence-corrected chi connectivity index (χ2v) is 10.7. The maximum atomic E-state index is 6.43. The summed E-state index contributed by atoms with van der Waals surface area (Å²) in [5.74, 6) is 0.802. The highest BCUT2D eigenvalue weighted by atomic mass is 32.2. The van der Waals surface area contributed by atoms with Crippen molar-refractivity contribution in [2.45, 2.75) is 49.3 Å². The molecule has 0 heterocycles. The first-order valence-electron chi connectivity index (χ1n) is 11.9. The molecule has 0 atom stereocenters. The Hall–Kier alpha value is -3.57. The molecule has 0 aliphatic rings. The lowest BCUT2D eigenvalue weighted by Crippen LogP contribution is -1.98. The van der Waals surface area contributed by atoms with Crippen LogP contribution in [0.5, 0.6) is 0 Å². The smallest absolute Gasteiger partial charge is 0.0414 e. The summed E-state index contributed by atoms with van der Waals surface area (Å²) in [6.45, 7) is 8.80. The van der Waals surface area contributed by atoms with Crippen molar-refractivity contribution in [3.05, 3.63) is 83.9 Å². The minimum Gasteiger partial charge on any atom is -0.399 e. The van der Waals surface area contributed by atoms with E-state index >= 15 is 0 Å². The molecule has 0 amide bonds. The molecule has 0 aliphatic heterocycles. The SMILES string of the molecule is CC(C)c1ccc(Sc2ccc(C(C)C)cc2-c2ccc(N)cc2N)c(-c2ccc(N)cc2N)c1. The third-order valence-electron chi connectivity index (χ3n) is 6.29. The maximum Gasteiger partial charge on any atom is 0.0414 e. The highest BCUT2D eigenvalue weighted by Gasteiger charge is 2.17. The van der Waals surface area contributed by atoms with E-state index < -0.39 is 0 Å². The average molecular weight is 483 g/mol. The number of hydrogen-bond acceptors (Lipinski definition) is 5. The van der Waals surface area contributed by atoms with E-state index in [1.54, 1.807) is 11.8 Å². The van der Waals surface area contributed by atoms with Gasteiger partial charge in [-0.15, -0.1) is 0 Å². The molecule has 0 spiro atoms. The molecule has 0 aromatic heterocycles. The van der Waals surface area contributed by atoms with Crippen LogP contribution < -0.4 is 22.9 Å². The topological polar surface area (TPSA) is 104 Å². The normalized spacial score (nSPS) is 11.4. The molecule has 0 fully saturated rings. The van der Waals surface area contributed by atoms with Gasteiger partial charge >= 0.3 is 0 Å². The van der Waals surface area contributed by atoms with Crippen LogP contribution in [0.3, 0.4) is 0 Å². The monoisotopic (exact) mass is 482 g/mol. The molecule has 4 nitrogen and oxygen atoms in total. The zero-order valence-corrected chi connectivity index (χ0v) is 21.6. The summed E-state index contributed by atoms with van der Waals surface area (Å²) < 4.78 is 0. The molecule has 0 aliphatic carbocycles. The van der Waals surface area contributed by atoms with Crippen molar-refractivity contribution in [3.8, 4) is 22.3 Å². The van der Waals surface area contributed by atoms with E-state index in [1.807, 2.05) is 36.4 Å². The minimum atomic E-state index is 0.401. The van der Waals surface area contributed by atoms with Crippen LogP contribution in [0.2, 0.25) is 0 Å². The maximum absolute atomic E-state index is 6.43. The van der Waals surface area contributed by atoms with Gasteiger partial charge in [0.1, 0.15) is 0 Å². The number of nitrogen functional groups attached to an aromatic ring is 4. The fourth-order valence-corrected chi connectivity index (χ4v) is 5.25. The predicted octanol–water partition coefficient (Wildman–Crippen LogP) is 7.75. The quantitative estimate of drug-likeness (QED) is 0.210. The lowest BCUT2D eigenvalue weighted by molar-refractivity contribution is 0.865. The Labute approximate surface area is 212 Å². The molecule has 0 radical (unpaired) electrons. The van der Waals surface area contributed by atoms with Crippen LogP contribution in [0.1, 0.15) is 50.7 Å². The molecule has 0 bridgehead atoms. The fraction of sp³-hybridized carbons (Fsp3) is 0.200. The van der Waals surface area contributed by atoms with Crippen LogP contribution in [0.15, 0.2) is 82.6 Å². The van der Waals surface area contributed by atoms with Crippen LogP contribution in [-0.2, 0) is 0 Å². The Kier molecular flexibility index (Phi) is 6.99. The van der Waals surface area contributed by atoms with Crippen molar-refractivity contribution < 1.29 is 0 Å². The van der Waals surface area contributed by atoms with E-state index in [0.717, 1.165) is 32.0 Å². The van der Waals surface area contributed by atoms with E-state index in [9.17, 15) is 0 Å². The largest absolute Gasteiger partial charge is 0.399 e. The lowest BCUT2D eigenvalue weighted by Gasteiger charge is -2.19. The van der Waals surface area contributed by atoms with Crippen molar-refractivity contribution in [1.29, 1.82) is 0 Å². The number of hydrogen-bond donors (Lipinski definition) is 4. The summed E-state index contributed by atoms with van der Waals surface area (Å²) in [7, 11) is 0. The standard InChI is InChI=1S/C30H34N4S/c1-17(2)19-5-11-29(25(13-19)23-9-7-21(31)15-27(23)33)35-30-12-6-20(18(3)4)14-26(30)24-10-8-22(32)16-28(24)34/h5-18H,31-34H2,1-4H3. The van der Waals surface area contributed by atoms with Crippen molar-refractivity contribution in [2.24, 2.45) is 0 Å². The number of benzene rings is 4. The molecule has 4 rings (SSSR count). The van der Waals surface area contributed by atoms with Crippen LogP contribution in [0, 0.1) is 0 Å². The van der Waals surface area contributed by atoms with Crippen LogP contribution in [0.25, 0.3) is 22.3 Å². The fourth-order valence-electron chi connectivity index (χ4n) is 4.18. The Morgan fingerprint density at radius 1 is 0.486 bits per heavy atom. The van der Waals surface area contributed by atoms with Gasteiger partial charge in [-0.1, -0.05) is 63.7 Å². The Balaban J connectivity index is 1.89. The molecule has 5 heteroatoms. The summed E-state index contributed by atoms with van der Waals surface area (Å²) in [6.07, 6.45) is 0. The first-order chi connectivity index (χ1) is 16.6. The summed E-state index contributed by atoms with van der Waals surface area (Å²) in [5, 5.41) is 0. The van der Waals surface area contributed by atoms with Gasteiger partial charge in [-0.3, -0.25) is 0 Å². The second kappa shape index (κ2) is 9.96. The number of nitrogens with two attached hydrogens (primary N) is 4. The number of anilines is 4. The Morgan fingerprint density at radius 2 is 0.886 bits per heavy atom. The minimum absolute atomic E-state index is 0.401. The first-order valence-corrected chi connectivity index (χ1v) is 12.7. The van der Waals surface area contributed by atoms with Gasteiger partial charge in [-0.05, 0) is 82.6 Å². The summed E-state index contributed by atoms with van der Waals surface area (Å²) in [4.78, 5) is 2.25. The molecular weight excluding hydrogens is 448 g/mol. The summed E-state index contributed by atoms with van der Waals surface area (Å²) >= 11 is 1.72. The third-order valence-corrected chi connectivity index (χ3v) is 7.44. The summed E-state index contributed by atoms with van der Waals surface area (Å²) in [6, 6.07) is 24.7. The van der Waals surface area contributed by atoms with Gasteiger partial charge in [0, 0.05) is 43.7 Å². The Morgan fingerprint density at radius 3 is 1.23 bits per heavy atom. The zero-order chi connectivity index (χ0) is 25.3. The lowest BCUT2D eigenvalue weighted by atomic mass is 9.96. The van der Waals surface area contributed by atoms with E-state index in [0.29, 0.717) is 34.6 Å². The molecule has 0 saturated heterocycles. The van der Waals surface area contributed by atoms with Gasteiger partial charge in [0.2, 0.25) is 0 Å². The van der Waals surface area contributed by atoms with E-state index in [1.165, 1.54) is 11.1 Å². The first kappa shape index (κ1) is 24.6. The van der Waals surface area contributed by atoms with Crippen molar-refractivity contribution in [3.63, 3.8) is 0 Å². The van der Waals surface area contributed by atoms with Gasteiger partial charge in [-0.25, -0.2) is 0 Å². The van der Waals surface area contributed by atoms with E-state index in [4.69, 9.17) is 22.9 Å². The second-order valence-electron chi connectivity index (χ2n) is 9.62. The molecule has 0 saturated carbocycles. The molecule has 4 aromatic rings. The molecule has 180 valence electrons. The van der Waals surface area contributed by atoms with Gasteiger partial charge in [0.05, 0.1) is 0 Å². The number of rotatable bonds is 6. The molecule has 0 unspecified atom stereocenters. The third kappa shape index (κ3) is 5.25. The predicted molar refractivity (Wildman–Crippen MR) is 154 cm³/mol. The summed E-state index contributed by atoms with van der Waals surface area (Å²) in [5.41, 5.74) is 34.2. The van der Waals surface area contributed by atoms with Crippen LogP contribution in [-0.4, -0.2) is 0 Å². The Bertz CT molecular complexity index is 1270. The zero-order valence-electron chi connectivity index (χ0n) is 20.8. The molecule has 4 aromatic carbocycles. The van der Waals surface area contributed by atoms with Crippen molar-refractivity contribution in [2.75, 3.05) is 22.9 Å². The van der Waals surface area contributed by atoms with Crippen LogP contribution in [0.4, 0.5) is 22.7 Å². The van der Waals surface area contributed by atoms with Crippen molar-refractivity contribution >= 4 is 34.5 Å². The van der Waals surface area contributed by atoms with Gasteiger partial charge in [-0.2, -0.15) is 0 Å². The van der Waals surface area contributed by atoms with E-state index in [-0.39, 0.29) is 0 Å². The average Bonchev–Trinajstić information content (AvgIpc) is 2.80. The molecule has 35 heavy (non-hydrogen) atoms. The molecular formula is C30H34N4S. The highest BCUT2D eigenvalue weighted by molar-refractivity contribution is 7.99. The van der Waals surface area contributed by atoms with E-state index in [2.05, 4.69) is 64.1 Å². The van der Waals surface area contributed by atoms with Gasteiger partial charge in [0.25, 0.3) is 0 Å². The highest BCUT2D eigenvalue weighted by Crippen LogP contribution is 2.44. The van der Waals surface area contributed by atoms with Crippen molar-refractivity contribution in [1.82, 2.24) is 0 Å². The van der Waals surface area contributed by atoms with Gasteiger partial charge in [0.15, 0.2) is 0 Å². The van der Waals surface area contributed by atoms with Crippen LogP contribution >= 0.6 is 11.8 Å². The van der Waals surface area contributed by atoms with Gasteiger partial charge < -0.3 is 22.9 Å².